The second kappa shape index (κ2) is 17.9. The van der Waals surface area contributed by atoms with Gasteiger partial charge in [0.2, 0.25) is 35.4 Å². The number of amides is 6. The van der Waals surface area contributed by atoms with Gasteiger partial charge in [-0.25, -0.2) is 4.79 Å². The van der Waals surface area contributed by atoms with E-state index in [-0.39, 0.29) is 31.3 Å². The van der Waals surface area contributed by atoms with E-state index >= 15 is 0 Å². The molecule has 8 atom stereocenters. The summed E-state index contributed by atoms with van der Waals surface area (Å²) in [5.41, 5.74) is 0.691. The Morgan fingerprint density at radius 2 is 1.47 bits per heavy atom. The van der Waals surface area contributed by atoms with Crippen LogP contribution in [0.4, 0.5) is 0 Å². The van der Waals surface area contributed by atoms with Crippen molar-refractivity contribution in [2.24, 2.45) is 11.8 Å². The third kappa shape index (κ3) is 9.46. The standard InChI is InChI=1S/C38H56N6O9/c1-9-22(4)31-34(47)40-30(21(2)3)36(49)44-19-11-13-28(44)35(48)42(7)29(20-25-14-16-26(52-8)17-15-25)38(51)53-23(5)32(39-24(6)45)37(50)43-18-10-12-27(43)33(46)41-31/h14-17,21-23,27-32H,9-13,18-20H2,1-8H3,(H,39,45)(H,40,47)(H,41,46)/t22-,23-,27-,28+,29-,30-,31-,32+/m0/s1. The molecule has 0 bridgehead atoms. The van der Waals surface area contributed by atoms with Gasteiger partial charge in [-0.05, 0) is 62.1 Å². The first kappa shape index (κ1) is 41.1. The number of carbonyl (C=O) groups is 7. The average molecular weight is 741 g/mol. The summed E-state index contributed by atoms with van der Waals surface area (Å²) >= 11 is 0. The summed E-state index contributed by atoms with van der Waals surface area (Å²) < 4.78 is 11.2. The molecule has 0 unspecified atom stereocenters. The first-order valence-electron chi connectivity index (χ1n) is 18.7. The molecule has 0 aromatic heterocycles. The van der Waals surface area contributed by atoms with Crippen LogP contribution in [0.25, 0.3) is 0 Å². The Hall–Kier alpha value is -4.69. The van der Waals surface area contributed by atoms with Gasteiger partial charge in [-0.15, -0.1) is 0 Å². The first-order chi connectivity index (χ1) is 25.1. The fourth-order valence-electron chi connectivity index (χ4n) is 7.34. The van der Waals surface area contributed by atoms with E-state index in [2.05, 4.69) is 16.0 Å². The minimum absolute atomic E-state index is 0.0350. The molecule has 292 valence electrons. The van der Waals surface area contributed by atoms with Crippen molar-refractivity contribution in [1.29, 1.82) is 0 Å². The Balaban J connectivity index is 1.80. The Morgan fingerprint density at radius 3 is 2.04 bits per heavy atom. The smallest absolute Gasteiger partial charge is 0.329 e. The predicted molar refractivity (Wildman–Crippen MR) is 194 cm³/mol. The summed E-state index contributed by atoms with van der Waals surface area (Å²) in [6.45, 7) is 10.5. The van der Waals surface area contributed by atoms with Crippen molar-refractivity contribution in [3.05, 3.63) is 29.8 Å². The molecule has 4 rings (SSSR count). The van der Waals surface area contributed by atoms with E-state index in [9.17, 15) is 33.6 Å². The third-order valence-electron chi connectivity index (χ3n) is 10.8. The van der Waals surface area contributed by atoms with Gasteiger partial charge < -0.3 is 40.1 Å². The van der Waals surface area contributed by atoms with Crippen LogP contribution in [-0.4, -0.2) is 126 Å². The van der Waals surface area contributed by atoms with Crippen LogP contribution in [-0.2, 0) is 44.7 Å². The highest BCUT2D eigenvalue weighted by molar-refractivity contribution is 5.97. The second-order valence-electron chi connectivity index (χ2n) is 14.8. The Bertz CT molecular complexity index is 1530. The summed E-state index contributed by atoms with van der Waals surface area (Å²) in [6.07, 6.45) is 1.04. The molecule has 3 fully saturated rings. The molecule has 6 amide bonds. The minimum Gasteiger partial charge on any atom is -0.497 e. The van der Waals surface area contributed by atoms with Crippen molar-refractivity contribution in [2.45, 2.75) is 122 Å². The van der Waals surface area contributed by atoms with Crippen molar-refractivity contribution >= 4 is 41.4 Å². The number of hydrogen-bond donors (Lipinski definition) is 3. The van der Waals surface area contributed by atoms with Gasteiger partial charge in [0.05, 0.1) is 7.11 Å². The number of hydrogen-bond acceptors (Lipinski definition) is 9. The van der Waals surface area contributed by atoms with Crippen LogP contribution in [0.2, 0.25) is 0 Å². The van der Waals surface area contributed by atoms with Crippen LogP contribution in [0.3, 0.4) is 0 Å². The maximum absolute atomic E-state index is 14.3. The summed E-state index contributed by atoms with van der Waals surface area (Å²) in [4.78, 5) is 101. The molecule has 53 heavy (non-hydrogen) atoms. The SMILES string of the molecule is CC[C@H](C)[C@@H]1NC(=O)[C@@H]2CCCN2C(=O)[C@H](NC(C)=O)[C@H](C)OC(=O)[C@H](Cc2ccc(OC)cc2)N(C)C(=O)[C@H]2CCCN2C(=O)[C@H](C(C)C)NC1=O. The molecule has 3 aliphatic heterocycles. The van der Waals surface area contributed by atoms with Gasteiger partial charge in [-0.1, -0.05) is 46.2 Å². The van der Waals surface area contributed by atoms with Crippen LogP contribution in [0.5, 0.6) is 5.75 Å². The number of nitrogens with one attached hydrogen (secondary N) is 3. The van der Waals surface area contributed by atoms with Crippen LogP contribution in [0.1, 0.15) is 79.2 Å². The lowest BCUT2D eigenvalue weighted by molar-refractivity contribution is -0.163. The normalized spacial score (nSPS) is 28.6. The highest BCUT2D eigenvalue weighted by atomic mass is 16.5. The van der Waals surface area contributed by atoms with Crippen molar-refractivity contribution in [1.82, 2.24) is 30.7 Å². The zero-order chi connectivity index (χ0) is 39.1. The van der Waals surface area contributed by atoms with Crippen LogP contribution in [0, 0.1) is 11.8 Å². The molecule has 0 saturated carbocycles. The van der Waals surface area contributed by atoms with Crippen molar-refractivity contribution in [3.63, 3.8) is 0 Å². The van der Waals surface area contributed by atoms with Gasteiger partial charge in [-0.2, -0.15) is 0 Å². The van der Waals surface area contributed by atoms with Crippen molar-refractivity contribution < 1.29 is 43.0 Å². The zero-order valence-electron chi connectivity index (χ0n) is 32.2. The molecule has 3 saturated heterocycles. The molecule has 3 heterocycles. The third-order valence-corrected chi connectivity index (χ3v) is 10.8. The Kier molecular flexibility index (Phi) is 13.9. The lowest BCUT2D eigenvalue weighted by atomic mass is 9.95. The molecule has 15 nitrogen and oxygen atoms in total. The van der Waals surface area contributed by atoms with E-state index in [4.69, 9.17) is 9.47 Å². The van der Waals surface area contributed by atoms with Crippen molar-refractivity contribution in [3.8, 4) is 5.75 Å². The van der Waals surface area contributed by atoms with E-state index in [0.717, 1.165) is 0 Å². The van der Waals surface area contributed by atoms with Crippen LogP contribution < -0.4 is 20.7 Å². The number of benzene rings is 1. The van der Waals surface area contributed by atoms with Gasteiger partial charge in [0.1, 0.15) is 48.1 Å². The number of rotatable bonds is 7. The second-order valence-corrected chi connectivity index (χ2v) is 14.8. The molecule has 0 radical (unpaired) electrons. The summed E-state index contributed by atoms with van der Waals surface area (Å²) in [5, 5.41) is 8.35. The maximum Gasteiger partial charge on any atom is 0.329 e. The molecular weight excluding hydrogens is 684 g/mol. The van der Waals surface area contributed by atoms with Gasteiger partial charge in [0.25, 0.3) is 0 Å². The van der Waals surface area contributed by atoms with Crippen LogP contribution in [0.15, 0.2) is 24.3 Å². The summed E-state index contributed by atoms with van der Waals surface area (Å²) in [5.74, 6) is -4.09. The molecule has 0 aliphatic carbocycles. The quantitative estimate of drug-likeness (QED) is 0.346. The average Bonchev–Trinajstić information content (AvgIpc) is 3.83. The van der Waals surface area contributed by atoms with E-state index in [1.54, 1.807) is 38.1 Å². The number of likely N-dealkylation sites (N-methyl/N-ethyl adjacent to an activating group) is 1. The fraction of sp³-hybridized carbons (Fsp3) is 0.658. The van der Waals surface area contributed by atoms with E-state index in [1.165, 1.54) is 42.7 Å². The molecule has 0 spiro atoms. The largest absolute Gasteiger partial charge is 0.497 e. The number of fused-ring (bicyclic) bond motifs is 2. The van der Waals surface area contributed by atoms with Crippen LogP contribution >= 0.6 is 0 Å². The highest BCUT2D eigenvalue weighted by Crippen LogP contribution is 2.26. The van der Waals surface area contributed by atoms with E-state index in [0.29, 0.717) is 43.4 Å². The number of nitrogens with zero attached hydrogens (tertiary/aromatic N) is 3. The molecular formula is C38H56N6O9. The maximum atomic E-state index is 14.3. The highest BCUT2D eigenvalue weighted by Gasteiger charge is 2.45. The zero-order valence-corrected chi connectivity index (χ0v) is 32.2. The van der Waals surface area contributed by atoms with Gasteiger partial charge >= 0.3 is 5.97 Å². The Morgan fingerprint density at radius 1 is 0.887 bits per heavy atom. The summed E-state index contributed by atoms with van der Waals surface area (Å²) in [7, 11) is 3.01. The molecule has 1 aromatic rings. The molecule has 3 N–H and O–H groups in total. The van der Waals surface area contributed by atoms with Gasteiger partial charge in [-0.3, -0.25) is 28.8 Å². The first-order valence-corrected chi connectivity index (χ1v) is 18.7. The minimum atomic E-state index is -1.35. The van der Waals surface area contributed by atoms with E-state index < -0.39 is 83.8 Å². The lowest BCUT2D eigenvalue weighted by Gasteiger charge is -2.35. The molecule has 1 aromatic carbocycles. The fourth-order valence-corrected chi connectivity index (χ4v) is 7.34. The van der Waals surface area contributed by atoms with E-state index in [1.807, 2.05) is 13.8 Å². The summed E-state index contributed by atoms with van der Waals surface area (Å²) in [6, 6.07) is 0.551. The predicted octanol–water partition coefficient (Wildman–Crippen LogP) is 1.17. The monoisotopic (exact) mass is 740 g/mol. The number of cyclic esters (lactones) is 1. The van der Waals surface area contributed by atoms with Gasteiger partial charge in [0, 0.05) is 33.5 Å². The lowest BCUT2D eigenvalue weighted by Crippen LogP contribution is -2.61. The number of methoxy groups -OCH3 is 1. The topological polar surface area (TPSA) is 184 Å². The van der Waals surface area contributed by atoms with Gasteiger partial charge in [0.15, 0.2) is 0 Å². The molecule has 15 heteroatoms. The number of carbonyl (C=O) groups excluding carboxylic acids is 7. The number of esters is 1. The van der Waals surface area contributed by atoms with Crippen molar-refractivity contribution in [2.75, 3.05) is 27.2 Å². The number of ether oxygens (including phenoxy) is 2. The Labute approximate surface area is 311 Å². The molecule has 3 aliphatic rings.